The fourth-order valence-electron chi connectivity index (χ4n) is 2.16. The van der Waals surface area contributed by atoms with Crippen molar-refractivity contribution < 1.29 is 13.9 Å². The third-order valence-corrected chi connectivity index (χ3v) is 4.12. The molecule has 0 fully saturated rings. The average molecular weight is 389 g/mol. The van der Waals surface area contributed by atoms with E-state index in [1.165, 1.54) is 30.0 Å². The van der Waals surface area contributed by atoms with Gasteiger partial charge in [-0.1, -0.05) is 34.8 Å². The minimum atomic E-state index is -0.768. The van der Waals surface area contributed by atoms with Crippen LogP contribution in [0.1, 0.15) is 10.4 Å². The van der Waals surface area contributed by atoms with Gasteiger partial charge in [-0.2, -0.15) is 0 Å². The molecule has 0 spiro atoms. The molecule has 0 aliphatic rings. The van der Waals surface area contributed by atoms with Crippen LogP contribution in [-0.4, -0.2) is 22.5 Å². The highest BCUT2D eigenvalue weighted by Crippen LogP contribution is 2.33. The van der Waals surface area contributed by atoms with Crippen LogP contribution in [0, 0.1) is 5.82 Å². The molecule has 0 aliphatic heterocycles. The number of imidazole rings is 1. The number of anilines is 2. The number of halogens is 4. The van der Waals surface area contributed by atoms with Crippen molar-refractivity contribution in [3.63, 3.8) is 0 Å². The molecule has 0 radical (unpaired) electrons. The number of nitrogens with one attached hydrogen (secondary N) is 1. The summed E-state index contributed by atoms with van der Waals surface area (Å²) < 4.78 is 20.8. The van der Waals surface area contributed by atoms with Crippen molar-refractivity contribution in [3.05, 3.63) is 57.2 Å². The maximum absolute atomic E-state index is 14.9. The fourth-order valence-corrected chi connectivity index (χ4v) is 2.79. The lowest BCUT2D eigenvalue weighted by Gasteiger charge is -2.14. The molecule has 0 amide bonds. The SMILES string of the molecule is COC(=O)c1cn2c(Cl)cnc2c(F)c1Nc1ccc(Cl)cc1Cl. The standard InChI is InChI=1S/C15H9Cl3FN3O2/c1-24-15(23)8-6-22-11(18)5-20-14(22)12(19)13(8)21-10-3-2-7(16)4-9(10)17/h2-6,21H,1H3. The van der Waals surface area contributed by atoms with Crippen molar-refractivity contribution in [1.29, 1.82) is 0 Å². The van der Waals surface area contributed by atoms with Gasteiger partial charge in [-0.25, -0.2) is 14.2 Å². The Balaban J connectivity index is 2.21. The summed E-state index contributed by atoms with van der Waals surface area (Å²) in [5.74, 6) is -1.51. The van der Waals surface area contributed by atoms with Crippen molar-refractivity contribution in [3.8, 4) is 0 Å². The number of nitrogens with zero attached hydrogens (tertiary/aromatic N) is 2. The number of carbonyl (C=O) groups excluding carboxylic acids is 1. The first-order valence-electron chi connectivity index (χ1n) is 6.58. The zero-order valence-corrected chi connectivity index (χ0v) is 14.4. The van der Waals surface area contributed by atoms with E-state index >= 15 is 0 Å². The van der Waals surface area contributed by atoms with E-state index in [1.54, 1.807) is 12.1 Å². The fraction of sp³-hybridized carbons (Fsp3) is 0.0667. The number of carbonyl (C=O) groups is 1. The molecule has 0 saturated carbocycles. The van der Waals surface area contributed by atoms with Gasteiger partial charge in [0.25, 0.3) is 0 Å². The molecule has 9 heteroatoms. The largest absolute Gasteiger partial charge is 0.465 e. The van der Waals surface area contributed by atoms with Crippen molar-refractivity contribution in [2.45, 2.75) is 0 Å². The number of pyridine rings is 1. The summed E-state index contributed by atoms with van der Waals surface area (Å²) in [6, 6.07) is 4.64. The monoisotopic (exact) mass is 387 g/mol. The topological polar surface area (TPSA) is 55.6 Å². The van der Waals surface area contributed by atoms with Crippen molar-refractivity contribution in [2.24, 2.45) is 0 Å². The molecule has 1 aromatic carbocycles. The van der Waals surface area contributed by atoms with Gasteiger partial charge < -0.3 is 10.1 Å². The molecule has 124 valence electrons. The lowest BCUT2D eigenvalue weighted by molar-refractivity contribution is 0.0601. The second-order valence-electron chi connectivity index (χ2n) is 4.75. The number of methoxy groups -OCH3 is 1. The predicted octanol–water partition coefficient (Wildman–Crippen LogP) is 4.96. The number of fused-ring (bicyclic) bond motifs is 1. The van der Waals surface area contributed by atoms with Crippen LogP contribution >= 0.6 is 34.8 Å². The lowest BCUT2D eigenvalue weighted by atomic mass is 10.2. The highest BCUT2D eigenvalue weighted by atomic mass is 35.5. The Labute approximate surface area is 150 Å². The zero-order valence-electron chi connectivity index (χ0n) is 12.1. The van der Waals surface area contributed by atoms with Gasteiger partial charge in [0.2, 0.25) is 0 Å². The highest BCUT2D eigenvalue weighted by molar-refractivity contribution is 6.36. The van der Waals surface area contributed by atoms with E-state index < -0.39 is 11.8 Å². The van der Waals surface area contributed by atoms with Crippen molar-refractivity contribution in [2.75, 3.05) is 12.4 Å². The summed E-state index contributed by atoms with van der Waals surface area (Å²) in [5.41, 5.74) is 0.140. The molecular weight excluding hydrogens is 380 g/mol. The predicted molar refractivity (Wildman–Crippen MR) is 91.2 cm³/mol. The van der Waals surface area contributed by atoms with Gasteiger partial charge in [0.1, 0.15) is 10.7 Å². The summed E-state index contributed by atoms with van der Waals surface area (Å²) >= 11 is 17.9. The summed E-state index contributed by atoms with van der Waals surface area (Å²) in [7, 11) is 1.19. The molecule has 1 N–H and O–H groups in total. The maximum atomic E-state index is 14.9. The molecule has 3 aromatic rings. The molecule has 0 aliphatic carbocycles. The average Bonchev–Trinajstić information content (AvgIpc) is 2.92. The van der Waals surface area contributed by atoms with E-state index in [-0.39, 0.29) is 27.1 Å². The number of hydrogen-bond acceptors (Lipinski definition) is 4. The van der Waals surface area contributed by atoms with Gasteiger partial charge in [-0.05, 0) is 18.2 Å². The first kappa shape index (κ1) is 16.8. The molecule has 0 saturated heterocycles. The Hall–Kier alpha value is -2.02. The van der Waals surface area contributed by atoms with E-state index in [0.717, 1.165) is 0 Å². The van der Waals surface area contributed by atoms with Crippen LogP contribution in [0.5, 0.6) is 0 Å². The molecule has 0 atom stereocenters. The summed E-state index contributed by atoms with van der Waals surface area (Å²) in [6.45, 7) is 0. The summed E-state index contributed by atoms with van der Waals surface area (Å²) in [4.78, 5) is 15.9. The Kier molecular flexibility index (Phi) is 4.54. The maximum Gasteiger partial charge on any atom is 0.341 e. The van der Waals surface area contributed by atoms with Gasteiger partial charge in [0.05, 0.1) is 29.7 Å². The summed E-state index contributed by atoms with van der Waals surface area (Å²) in [6.07, 6.45) is 2.62. The molecule has 24 heavy (non-hydrogen) atoms. The van der Waals surface area contributed by atoms with E-state index in [2.05, 4.69) is 10.3 Å². The third kappa shape index (κ3) is 2.88. The molecule has 0 bridgehead atoms. The minimum Gasteiger partial charge on any atom is -0.465 e. The Morgan fingerprint density at radius 1 is 1.33 bits per heavy atom. The number of rotatable bonds is 3. The number of esters is 1. The Morgan fingerprint density at radius 3 is 2.75 bits per heavy atom. The van der Waals surface area contributed by atoms with E-state index in [0.29, 0.717) is 10.7 Å². The second-order valence-corrected chi connectivity index (χ2v) is 5.98. The molecule has 2 heterocycles. The summed E-state index contributed by atoms with van der Waals surface area (Å²) in [5, 5.41) is 3.64. The van der Waals surface area contributed by atoms with Crippen molar-refractivity contribution >= 4 is 57.8 Å². The van der Waals surface area contributed by atoms with Crippen LogP contribution in [0.3, 0.4) is 0 Å². The molecule has 5 nitrogen and oxygen atoms in total. The van der Waals surface area contributed by atoms with Crippen molar-refractivity contribution in [1.82, 2.24) is 9.38 Å². The van der Waals surface area contributed by atoms with Crippen LogP contribution in [-0.2, 0) is 4.74 Å². The van der Waals surface area contributed by atoms with Crippen LogP contribution in [0.2, 0.25) is 15.2 Å². The smallest absolute Gasteiger partial charge is 0.341 e. The molecule has 0 unspecified atom stereocenters. The number of ether oxygens (including phenoxy) is 1. The molecule has 2 aromatic heterocycles. The molecular formula is C15H9Cl3FN3O2. The third-order valence-electron chi connectivity index (χ3n) is 3.29. The van der Waals surface area contributed by atoms with Gasteiger partial charge in [-0.3, -0.25) is 4.40 Å². The normalized spacial score (nSPS) is 10.9. The van der Waals surface area contributed by atoms with Crippen LogP contribution in [0.15, 0.2) is 30.6 Å². The van der Waals surface area contributed by atoms with Crippen LogP contribution in [0.25, 0.3) is 5.65 Å². The first-order valence-corrected chi connectivity index (χ1v) is 7.71. The van der Waals surface area contributed by atoms with E-state index in [9.17, 15) is 9.18 Å². The Morgan fingerprint density at radius 2 is 2.08 bits per heavy atom. The van der Waals surface area contributed by atoms with Crippen LogP contribution in [0.4, 0.5) is 15.8 Å². The van der Waals surface area contributed by atoms with Crippen LogP contribution < -0.4 is 5.32 Å². The van der Waals surface area contributed by atoms with Gasteiger partial charge in [0.15, 0.2) is 11.5 Å². The lowest BCUT2D eigenvalue weighted by Crippen LogP contribution is -2.10. The minimum absolute atomic E-state index is 0.0414. The highest BCUT2D eigenvalue weighted by Gasteiger charge is 2.22. The van der Waals surface area contributed by atoms with Gasteiger partial charge >= 0.3 is 5.97 Å². The number of benzene rings is 1. The van der Waals surface area contributed by atoms with Gasteiger partial charge in [-0.15, -0.1) is 0 Å². The zero-order chi connectivity index (χ0) is 17.4. The van der Waals surface area contributed by atoms with Gasteiger partial charge in [0, 0.05) is 11.2 Å². The van der Waals surface area contributed by atoms with E-state index in [4.69, 9.17) is 39.5 Å². The first-order chi connectivity index (χ1) is 11.4. The number of aromatic nitrogens is 2. The quantitative estimate of drug-likeness (QED) is 0.644. The second kappa shape index (κ2) is 6.47. The molecule has 3 rings (SSSR count). The Bertz CT molecular complexity index is 959. The number of hydrogen-bond donors (Lipinski definition) is 1. The van der Waals surface area contributed by atoms with E-state index in [1.807, 2.05) is 0 Å².